The Balaban J connectivity index is 2.29. The van der Waals surface area contributed by atoms with Gasteiger partial charge in [0.1, 0.15) is 0 Å². The van der Waals surface area contributed by atoms with Gasteiger partial charge in [-0.15, -0.1) is 0 Å². The zero-order valence-corrected chi connectivity index (χ0v) is 7.42. The molecule has 0 bridgehead atoms. The number of rotatable bonds is 1. The van der Waals surface area contributed by atoms with Gasteiger partial charge in [0.2, 0.25) is 0 Å². The van der Waals surface area contributed by atoms with E-state index in [-0.39, 0.29) is 12.1 Å². The largest absolute Gasteiger partial charge is 0.393 e. The van der Waals surface area contributed by atoms with E-state index in [0.29, 0.717) is 32.5 Å². The van der Waals surface area contributed by atoms with Crippen LogP contribution in [0.25, 0.3) is 0 Å². The lowest BCUT2D eigenvalue weighted by Gasteiger charge is -2.29. The summed E-state index contributed by atoms with van der Waals surface area (Å²) in [6.45, 7) is 3.91. The van der Waals surface area contributed by atoms with Crippen molar-refractivity contribution in [1.29, 1.82) is 0 Å². The first-order valence-corrected chi connectivity index (χ1v) is 4.45. The number of hydrogen-bond acceptors (Lipinski definition) is 2. The van der Waals surface area contributed by atoms with Crippen molar-refractivity contribution in [3.05, 3.63) is 0 Å². The fraction of sp³-hybridized carbons (Fsp3) is 0.875. The minimum atomic E-state index is -0.212. The van der Waals surface area contributed by atoms with Crippen LogP contribution in [0.15, 0.2) is 0 Å². The summed E-state index contributed by atoms with van der Waals surface area (Å²) in [4.78, 5) is 13.0. The van der Waals surface area contributed by atoms with Crippen molar-refractivity contribution < 1.29 is 9.90 Å². The third-order valence-electron chi connectivity index (χ3n) is 2.08. The van der Waals surface area contributed by atoms with Gasteiger partial charge >= 0.3 is 6.03 Å². The van der Waals surface area contributed by atoms with Crippen LogP contribution >= 0.6 is 0 Å². The zero-order valence-electron chi connectivity index (χ0n) is 7.42. The number of likely N-dealkylation sites (tertiary alicyclic amines) is 1. The van der Waals surface area contributed by atoms with Gasteiger partial charge < -0.3 is 15.3 Å². The molecule has 0 unspecified atom stereocenters. The fourth-order valence-corrected chi connectivity index (χ4v) is 1.33. The fourth-order valence-electron chi connectivity index (χ4n) is 1.33. The highest BCUT2D eigenvalue weighted by Gasteiger charge is 2.20. The molecule has 0 atom stereocenters. The third-order valence-corrected chi connectivity index (χ3v) is 2.08. The van der Waals surface area contributed by atoms with E-state index in [2.05, 4.69) is 5.32 Å². The van der Waals surface area contributed by atoms with Crippen LogP contribution in [-0.4, -0.2) is 41.8 Å². The van der Waals surface area contributed by atoms with Gasteiger partial charge in [0, 0.05) is 19.6 Å². The lowest BCUT2D eigenvalue weighted by atomic mass is 10.1. The molecule has 0 aromatic rings. The lowest BCUT2D eigenvalue weighted by Crippen LogP contribution is -2.45. The summed E-state index contributed by atoms with van der Waals surface area (Å²) in [7, 11) is 0. The average molecular weight is 172 g/mol. The Kier molecular flexibility index (Phi) is 3.34. The van der Waals surface area contributed by atoms with Gasteiger partial charge in [-0.3, -0.25) is 0 Å². The maximum atomic E-state index is 11.2. The first-order chi connectivity index (χ1) is 5.74. The molecule has 2 N–H and O–H groups in total. The summed E-state index contributed by atoms with van der Waals surface area (Å²) in [6.07, 6.45) is 1.20. The predicted octanol–water partition coefficient (Wildman–Crippen LogP) is 0.173. The standard InChI is InChI=1S/C8H16N2O2/c1-2-9-8(12)10-5-3-7(11)4-6-10/h7,11H,2-6H2,1H3,(H,9,12). The van der Waals surface area contributed by atoms with Crippen LogP contribution in [0.1, 0.15) is 19.8 Å². The van der Waals surface area contributed by atoms with Gasteiger partial charge in [-0.05, 0) is 19.8 Å². The summed E-state index contributed by atoms with van der Waals surface area (Å²) < 4.78 is 0. The number of nitrogens with one attached hydrogen (secondary N) is 1. The second-order valence-electron chi connectivity index (χ2n) is 3.05. The number of piperidine rings is 1. The van der Waals surface area contributed by atoms with E-state index in [1.54, 1.807) is 4.90 Å². The predicted molar refractivity (Wildman–Crippen MR) is 45.9 cm³/mol. The van der Waals surface area contributed by atoms with E-state index in [1.807, 2.05) is 6.92 Å². The zero-order chi connectivity index (χ0) is 8.97. The molecular weight excluding hydrogens is 156 g/mol. The van der Waals surface area contributed by atoms with E-state index in [0.717, 1.165) is 0 Å². The van der Waals surface area contributed by atoms with E-state index in [1.165, 1.54) is 0 Å². The minimum absolute atomic E-state index is 0.00981. The van der Waals surface area contributed by atoms with E-state index >= 15 is 0 Å². The molecule has 4 heteroatoms. The highest BCUT2D eigenvalue weighted by Crippen LogP contribution is 2.09. The Morgan fingerprint density at radius 1 is 1.58 bits per heavy atom. The van der Waals surface area contributed by atoms with Crippen molar-refractivity contribution in [1.82, 2.24) is 10.2 Å². The van der Waals surface area contributed by atoms with Gasteiger partial charge in [0.25, 0.3) is 0 Å². The van der Waals surface area contributed by atoms with Gasteiger partial charge in [-0.25, -0.2) is 4.79 Å². The number of nitrogens with zero attached hydrogens (tertiary/aromatic N) is 1. The van der Waals surface area contributed by atoms with Crippen LogP contribution in [0.2, 0.25) is 0 Å². The SMILES string of the molecule is CCNC(=O)N1CCC(O)CC1. The van der Waals surface area contributed by atoms with Crippen LogP contribution < -0.4 is 5.32 Å². The molecule has 1 saturated heterocycles. The Morgan fingerprint density at radius 2 is 2.17 bits per heavy atom. The molecule has 0 radical (unpaired) electrons. The quantitative estimate of drug-likeness (QED) is 0.592. The molecule has 1 fully saturated rings. The lowest BCUT2D eigenvalue weighted by molar-refractivity contribution is 0.0938. The van der Waals surface area contributed by atoms with Gasteiger partial charge in [-0.2, -0.15) is 0 Å². The van der Waals surface area contributed by atoms with Gasteiger partial charge in [-0.1, -0.05) is 0 Å². The minimum Gasteiger partial charge on any atom is -0.393 e. The smallest absolute Gasteiger partial charge is 0.317 e. The highest BCUT2D eigenvalue weighted by molar-refractivity contribution is 5.74. The van der Waals surface area contributed by atoms with Crippen molar-refractivity contribution in [2.24, 2.45) is 0 Å². The molecular formula is C8H16N2O2. The topological polar surface area (TPSA) is 52.6 Å². The van der Waals surface area contributed by atoms with E-state index in [9.17, 15) is 9.90 Å². The van der Waals surface area contributed by atoms with Crippen LogP contribution in [0.5, 0.6) is 0 Å². The van der Waals surface area contributed by atoms with Crippen LogP contribution in [0.3, 0.4) is 0 Å². The molecule has 0 aromatic heterocycles. The van der Waals surface area contributed by atoms with Gasteiger partial charge in [0.15, 0.2) is 0 Å². The van der Waals surface area contributed by atoms with Crippen molar-refractivity contribution in [3.63, 3.8) is 0 Å². The molecule has 1 aliphatic rings. The average Bonchev–Trinajstić information content (AvgIpc) is 2.06. The molecule has 2 amide bonds. The molecule has 0 aromatic carbocycles. The Morgan fingerprint density at radius 3 is 2.67 bits per heavy atom. The van der Waals surface area contributed by atoms with E-state index in [4.69, 9.17) is 0 Å². The second-order valence-corrected chi connectivity index (χ2v) is 3.05. The monoisotopic (exact) mass is 172 g/mol. The first kappa shape index (κ1) is 9.32. The summed E-state index contributed by atoms with van der Waals surface area (Å²) >= 11 is 0. The number of urea groups is 1. The first-order valence-electron chi connectivity index (χ1n) is 4.45. The maximum absolute atomic E-state index is 11.2. The summed E-state index contributed by atoms with van der Waals surface area (Å²) in [5, 5.41) is 11.9. The Bertz CT molecular complexity index is 153. The molecule has 0 aliphatic carbocycles. The molecule has 12 heavy (non-hydrogen) atoms. The number of carbonyl (C=O) groups excluding carboxylic acids is 1. The van der Waals surface area contributed by atoms with Crippen molar-refractivity contribution in [2.45, 2.75) is 25.9 Å². The number of amides is 2. The van der Waals surface area contributed by atoms with Gasteiger partial charge in [0.05, 0.1) is 6.10 Å². The second kappa shape index (κ2) is 4.30. The maximum Gasteiger partial charge on any atom is 0.317 e. The summed E-state index contributed by atoms with van der Waals surface area (Å²) in [5.41, 5.74) is 0. The molecule has 1 heterocycles. The third kappa shape index (κ3) is 2.37. The summed E-state index contributed by atoms with van der Waals surface area (Å²) in [6, 6.07) is -0.00981. The molecule has 70 valence electrons. The molecule has 1 rings (SSSR count). The van der Waals surface area contributed by atoms with E-state index < -0.39 is 0 Å². The van der Waals surface area contributed by atoms with Crippen molar-refractivity contribution in [2.75, 3.05) is 19.6 Å². The normalized spacial score (nSPS) is 19.3. The van der Waals surface area contributed by atoms with Crippen LogP contribution in [-0.2, 0) is 0 Å². The number of aliphatic hydroxyl groups excluding tert-OH is 1. The molecule has 0 spiro atoms. The molecule has 1 aliphatic heterocycles. The molecule has 4 nitrogen and oxygen atoms in total. The number of hydrogen-bond donors (Lipinski definition) is 2. The Hall–Kier alpha value is -0.770. The van der Waals surface area contributed by atoms with Crippen molar-refractivity contribution in [3.8, 4) is 0 Å². The van der Waals surface area contributed by atoms with Crippen LogP contribution in [0.4, 0.5) is 4.79 Å². The molecule has 0 saturated carbocycles. The summed E-state index contributed by atoms with van der Waals surface area (Å²) in [5.74, 6) is 0. The highest BCUT2D eigenvalue weighted by atomic mass is 16.3. The van der Waals surface area contributed by atoms with Crippen molar-refractivity contribution >= 4 is 6.03 Å². The van der Waals surface area contributed by atoms with Crippen LogP contribution in [0, 0.1) is 0 Å². The number of aliphatic hydroxyl groups is 1. The number of carbonyl (C=O) groups is 1. The Labute approximate surface area is 72.6 Å².